The maximum Gasteiger partial charge on any atom is -0.0194 e. The van der Waals surface area contributed by atoms with Gasteiger partial charge in [-0.2, -0.15) is 0 Å². The lowest BCUT2D eigenvalue weighted by atomic mass is 9.88. The molecule has 0 bridgehead atoms. The molecule has 0 unspecified atom stereocenters. The molecule has 0 N–H and O–H groups in total. The van der Waals surface area contributed by atoms with Crippen molar-refractivity contribution in [2.24, 2.45) is 23.7 Å². The monoisotopic (exact) mass is 146 g/mol. The lowest BCUT2D eigenvalue weighted by Gasteiger charge is -2.16. The Bertz CT molecular complexity index is 200. The van der Waals surface area contributed by atoms with Gasteiger partial charge in [-0.05, 0) is 42.9 Å². The molecule has 1 saturated carbocycles. The molecule has 0 nitrogen and oxygen atoms in total. The normalized spacial score (nSPS) is 51.6. The Morgan fingerprint density at radius 3 is 1.91 bits per heavy atom. The van der Waals surface area contributed by atoms with Gasteiger partial charge >= 0.3 is 0 Å². The molecule has 4 atom stereocenters. The fourth-order valence-electron chi connectivity index (χ4n) is 3.26. The molecule has 3 aliphatic rings. The average Bonchev–Trinajstić information content (AvgIpc) is 2.52. The van der Waals surface area contributed by atoms with Crippen molar-refractivity contribution in [2.75, 3.05) is 0 Å². The highest BCUT2D eigenvalue weighted by Gasteiger charge is 2.42. The Morgan fingerprint density at radius 2 is 1.36 bits per heavy atom. The fraction of sp³-hybridized carbons (Fsp3) is 0.636. The maximum atomic E-state index is 2.46. The van der Waals surface area contributed by atoms with Crippen LogP contribution in [0.1, 0.15) is 19.3 Å². The molecule has 0 heterocycles. The van der Waals surface area contributed by atoms with E-state index in [1.54, 1.807) is 0 Å². The van der Waals surface area contributed by atoms with E-state index in [0.29, 0.717) is 0 Å². The molecule has 0 saturated heterocycles. The largest absolute Gasteiger partial charge is 0.0879 e. The second-order valence-corrected chi connectivity index (χ2v) is 4.22. The van der Waals surface area contributed by atoms with Crippen LogP contribution in [0.4, 0.5) is 0 Å². The Labute approximate surface area is 68.0 Å². The Morgan fingerprint density at radius 1 is 0.818 bits per heavy atom. The van der Waals surface area contributed by atoms with Crippen LogP contribution in [0.2, 0.25) is 0 Å². The molecule has 3 aliphatic carbocycles. The topological polar surface area (TPSA) is 0 Å². The third kappa shape index (κ3) is 0.702. The summed E-state index contributed by atoms with van der Waals surface area (Å²) in [6.07, 6.45) is 13.9. The molecule has 0 aromatic heterocycles. The van der Waals surface area contributed by atoms with Gasteiger partial charge in [-0.1, -0.05) is 24.3 Å². The van der Waals surface area contributed by atoms with E-state index in [2.05, 4.69) is 24.3 Å². The van der Waals surface area contributed by atoms with Gasteiger partial charge in [-0.25, -0.2) is 0 Å². The lowest BCUT2D eigenvalue weighted by Crippen LogP contribution is -2.09. The summed E-state index contributed by atoms with van der Waals surface area (Å²) in [7, 11) is 0. The molecule has 0 radical (unpaired) electrons. The summed E-state index contributed by atoms with van der Waals surface area (Å²) in [5, 5.41) is 0. The molecule has 0 heteroatoms. The van der Waals surface area contributed by atoms with Gasteiger partial charge in [0.15, 0.2) is 0 Å². The van der Waals surface area contributed by atoms with Gasteiger partial charge in [-0.3, -0.25) is 0 Å². The summed E-state index contributed by atoms with van der Waals surface area (Å²) >= 11 is 0. The number of hydrogen-bond donors (Lipinski definition) is 0. The van der Waals surface area contributed by atoms with Crippen LogP contribution in [0, 0.1) is 23.7 Å². The molecular weight excluding hydrogens is 132 g/mol. The second-order valence-electron chi connectivity index (χ2n) is 4.22. The maximum absolute atomic E-state index is 2.46. The SMILES string of the molecule is C1=C[C@H]2C[C@H]3C=CC[C@H]3[C@H]2C1. The van der Waals surface area contributed by atoms with Crippen LogP contribution >= 0.6 is 0 Å². The molecule has 0 aliphatic heterocycles. The molecule has 0 amide bonds. The zero-order chi connectivity index (χ0) is 7.26. The van der Waals surface area contributed by atoms with E-state index in [1.165, 1.54) is 19.3 Å². The molecular formula is C11H14. The van der Waals surface area contributed by atoms with Crippen molar-refractivity contribution in [1.29, 1.82) is 0 Å². The van der Waals surface area contributed by atoms with E-state index in [4.69, 9.17) is 0 Å². The Hall–Kier alpha value is -0.520. The zero-order valence-corrected chi connectivity index (χ0v) is 6.74. The van der Waals surface area contributed by atoms with Crippen molar-refractivity contribution in [3.05, 3.63) is 24.3 Å². The third-order valence-corrected chi connectivity index (χ3v) is 3.78. The summed E-state index contributed by atoms with van der Waals surface area (Å²) in [6.45, 7) is 0. The summed E-state index contributed by atoms with van der Waals surface area (Å²) in [5.74, 6) is 3.95. The third-order valence-electron chi connectivity index (χ3n) is 3.78. The molecule has 0 spiro atoms. The fourth-order valence-corrected chi connectivity index (χ4v) is 3.26. The van der Waals surface area contributed by atoms with Crippen LogP contribution in [-0.2, 0) is 0 Å². The van der Waals surface area contributed by atoms with Crippen LogP contribution in [0.15, 0.2) is 24.3 Å². The second kappa shape index (κ2) is 2.00. The van der Waals surface area contributed by atoms with Gasteiger partial charge in [0, 0.05) is 0 Å². The first-order valence-corrected chi connectivity index (χ1v) is 4.78. The van der Waals surface area contributed by atoms with Gasteiger partial charge in [0.25, 0.3) is 0 Å². The standard InChI is InChI=1S/C11H14/c1-3-8-7-9-4-2-6-11(9)10(8)5-1/h1-4,8-11H,5-7H2/t8-,9+,10-,11+. The minimum atomic E-state index is 0.954. The predicted octanol–water partition coefficient (Wildman–Crippen LogP) is 2.77. The van der Waals surface area contributed by atoms with E-state index in [1.807, 2.05) is 0 Å². The Balaban J connectivity index is 1.91. The van der Waals surface area contributed by atoms with Crippen LogP contribution in [-0.4, -0.2) is 0 Å². The number of fused-ring (bicyclic) bond motifs is 3. The number of rotatable bonds is 0. The highest BCUT2D eigenvalue weighted by atomic mass is 14.5. The molecule has 11 heavy (non-hydrogen) atoms. The van der Waals surface area contributed by atoms with Crippen LogP contribution < -0.4 is 0 Å². The molecule has 0 aromatic carbocycles. The number of allylic oxidation sites excluding steroid dienone is 4. The minimum Gasteiger partial charge on any atom is -0.0879 e. The average molecular weight is 146 g/mol. The molecule has 58 valence electrons. The summed E-state index contributed by atoms with van der Waals surface area (Å²) in [6, 6.07) is 0. The first kappa shape index (κ1) is 6.05. The van der Waals surface area contributed by atoms with Crippen molar-refractivity contribution in [2.45, 2.75) is 19.3 Å². The first-order chi connectivity index (χ1) is 5.45. The van der Waals surface area contributed by atoms with E-state index >= 15 is 0 Å². The molecule has 3 rings (SSSR count). The predicted molar refractivity (Wildman–Crippen MR) is 46.1 cm³/mol. The van der Waals surface area contributed by atoms with Gasteiger partial charge in [0.1, 0.15) is 0 Å². The van der Waals surface area contributed by atoms with Crippen LogP contribution in [0.25, 0.3) is 0 Å². The molecule has 0 aromatic rings. The van der Waals surface area contributed by atoms with Crippen molar-refractivity contribution in [3.8, 4) is 0 Å². The van der Waals surface area contributed by atoms with Crippen molar-refractivity contribution in [3.63, 3.8) is 0 Å². The minimum absolute atomic E-state index is 0.954. The van der Waals surface area contributed by atoms with Crippen LogP contribution in [0.3, 0.4) is 0 Å². The van der Waals surface area contributed by atoms with E-state index in [9.17, 15) is 0 Å². The first-order valence-electron chi connectivity index (χ1n) is 4.78. The molecule has 1 fully saturated rings. The lowest BCUT2D eigenvalue weighted by molar-refractivity contribution is 0.355. The van der Waals surface area contributed by atoms with Gasteiger partial charge in [0.05, 0.1) is 0 Å². The van der Waals surface area contributed by atoms with Gasteiger partial charge in [-0.15, -0.1) is 0 Å². The Kier molecular flexibility index (Phi) is 1.10. The van der Waals surface area contributed by atoms with Crippen molar-refractivity contribution in [1.82, 2.24) is 0 Å². The highest BCUT2D eigenvalue weighted by molar-refractivity contribution is 5.16. The smallest absolute Gasteiger partial charge is 0.0194 e. The summed E-state index contributed by atoms with van der Waals surface area (Å²) in [4.78, 5) is 0. The van der Waals surface area contributed by atoms with Crippen molar-refractivity contribution < 1.29 is 0 Å². The quantitative estimate of drug-likeness (QED) is 0.461. The van der Waals surface area contributed by atoms with E-state index < -0.39 is 0 Å². The van der Waals surface area contributed by atoms with Crippen molar-refractivity contribution >= 4 is 0 Å². The van der Waals surface area contributed by atoms with Crippen LogP contribution in [0.5, 0.6) is 0 Å². The van der Waals surface area contributed by atoms with E-state index in [-0.39, 0.29) is 0 Å². The zero-order valence-electron chi connectivity index (χ0n) is 6.74. The van der Waals surface area contributed by atoms with Gasteiger partial charge in [0.2, 0.25) is 0 Å². The number of hydrogen-bond acceptors (Lipinski definition) is 0. The summed E-state index contributed by atoms with van der Waals surface area (Å²) in [5.41, 5.74) is 0. The summed E-state index contributed by atoms with van der Waals surface area (Å²) < 4.78 is 0. The van der Waals surface area contributed by atoms with E-state index in [0.717, 1.165) is 23.7 Å². The highest BCUT2D eigenvalue weighted by Crippen LogP contribution is 2.51. The van der Waals surface area contributed by atoms with Gasteiger partial charge < -0.3 is 0 Å².